The van der Waals surface area contributed by atoms with Gasteiger partial charge in [-0.15, -0.1) is 0 Å². The van der Waals surface area contributed by atoms with Crippen LogP contribution < -0.4 is 15.3 Å². The fourth-order valence-corrected chi connectivity index (χ4v) is 3.47. The minimum atomic E-state index is -0.726. The first-order valence-electron chi connectivity index (χ1n) is 9.31. The number of fused-ring (bicyclic) bond motifs is 1. The number of rotatable bonds is 4. The van der Waals surface area contributed by atoms with Crippen LogP contribution in [0.4, 0.5) is 11.4 Å². The fourth-order valence-electron chi connectivity index (χ4n) is 3.47. The van der Waals surface area contributed by atoms with E-state index in [0.29, 0.717) is 11.1 Å². The molecule has 4 rings (SSSR count). The highest BCUT2D eigenvalue weighted by atomic mass is 16.6. The summed E-state index contributed by atoms with van der Waals surface area (Å²) in [5.74, 6) is -0.546. The first-order valence-corrected chi connectivity index (χ1v) is 9.31. The highest BCUT2D eigenvalue weighted by Crippen LogP contribution is 2.32. The SMILES string of the molecule is O=C(Oc1ccc2ccc(=O)oc2c1)c1ccc(N2CCCCC2)c([N+](=O)[O-])c1. The molecule has 2 aromatic carbocycles. The summed E-state index contributed by atoms with van der Waals surface area (Å²) in [5, 5.41) is 12.2. The van der Waals surface area contributed by atoms with E-state index in [4.69, 9.17) is 9.15 Å². The molecule has 2 heterocycles. The Morgan fingerprint density at radius 3 is 2.55 bits per heavy atom. The summed E-state index contributed by atoms with van der Waals surface area (Å²) in [6, 6.07) is 11.9. The molecule has 8 heteroatoms. The second-order valence-electron chi connectivity index (χ2n) is 6.85. The van der Waals surface area contributed by atoms with Gasteiger partial charge in [0.15, 0.2) is 0 Å². The molecule has 1 saturated heterocycles. The molecule has 0 spiro atoms. The number of benzene rings is 2. The second kappa shape index (κ2) is 7.75. The molecule has 1 aromatic heterocycles. The number of hydrogen-bond acceptors (Lipinski definition) is 7. The Balaban J connectivity index is 1.60. The van der Waals surface area contributed by atoms with Crippen molar-refractivity contribution in [2.24, 2.45) is 0 Å². The van der Waals surface area contributed by atoms with Crippen molar-refractivity contribution in [1.29, 1.82) is 0 Å². The third-order valence-corrected chi connectivity index (χ3v) is 4.91. The number of carbonyl (C=O) groups is 1. The molecule has 0 unspecified atom stereocenters. The maximum Gasteiger partial charge on any atom is 0.343 e. The van der Waals surface area contributed by atoms with E-state index in [1.165, 1.54) is 24.3 Å². The molecule has 8 nitrogen and oxygen atoms in total. The number of esters is 1. The molecule has 0 saturated carbocycles. The van der Waals surface area contributed by atoms with Crippen LogP contribution in [0.25, 0.3) is 11.0 Å². The zero-order valence-electron chi connectivity index (χ0n) is 15.5. The maximum atomic E-state index is 12.5. The summed E-state index contributed by atoms with van der Waals surface area (Å²) in [6.45, 7) is 1.51. The Hall–Kier alpha value is -3.68. The molecule has 0 amide bonds. The Kier molecular flexibility index (Phi) is 4.99. The first-order chi connectivity index (χ1) is 14.0. The molecular weight excluding hydrogens is 376 g/mol. The van der Waals surface area contributed by atoms with Gasteiger partial charge in [0, 0.05) is 36.7 Å². The molecule has 0 aliphatic carbocycles. The highest BCUT2D eigenvalue weighted by Gasteiger charge is 2.23. The van der Waals surface area contributed by atoms with Gasteiger partial charge in [0.25, 0.3) is 5.69 Å². The molecule has 1 aliphatic heterocycles. The topological polar surface area (TPSA) is 103 Å². The van der Waals surface area contributed by atoms with Gasteiger partial charge in [-0.1, -0.05) is 0 Å². The van der Waals surface area contributed by atoms with Crippen molar-refractivity contribution in [3.8, 4) is 5.75 Å². The first kappa shape index (κ1) is 18.7. The van der Waals surface area contributed by atoms with Gasteiger partial charge in [-0.25, -0.2) is 9.59 Å². The summed E-state index contributed by atoms with van der Waals surface area (Å²) in [7, 11) is 0. The lowest BCUT2D eigenvalue weighted by Gasteiger charge is -2.28. The van der Waals surface area contributed by atoms with E-state index in [0.717, 1.165) is 32.4 Å². The van der Waals surface area contributed by atoms with Crippen molar-refractivity contribution >= 4 is 28.3 Å². The standard InChI is InChI=1S/C21H18N2O6/c24-20-9-6-14-4-7-16(13-19(14)29-20)28-21(25)15-5-8-17(18(12-15)23(26)27)22-10-2-1-3-11-22/h4-9,12-13H,1-3,10-11H2. The zero-order valence-corrected chi connectivity index (χ0v) is 15.5. The average molecular weight is 394 g/mol. The van der Waals surface area contributed by atoms with Crippen LogP contribution in [-0.4, -0.2) is 24.0 Å². The Morgan fingerprint density at radius 2 is 1.79 bits per heavy atom. The van der Waals surface area contributed by atoms with Crippen LogP contribution in [0.2, 0.25) is 0 Å². The lowest BCUT2D eigenvalue weighted by atomic mass is 10.1. The van der Waals surface area contributed by atoms with Crippen LogP contribution in [0.1, 0.15) is 29.6 Å². The number of hydrogen-bond donors (Lipinski definition) is 0. The smallest absolute Gasteiger partial charge is 0.343 e. The summed E-state index contributed by atoms with van der Waals surface area (Å²) in [4.78, 5) is 36.9. The third-order valence-electron chi connectivity index (χ3n) is 4.91. The van der Waals surface area contributed by atoms with Crippen molar-refractivity contribution in [2.45, 2.75) is 19.3 Å². The lowest BCUT2D eigenvalue weighted by molar-refractivity contribution is -0.384. The third kappa shape index (κ3) is 3.96. The Morgan fingerprint density at radius 1 is 1.03 bits per heavy atom. The number of ether oxygens (including phenoxy) is 1. The quantitative estimate of drug-likeness (QED) is 0.217. The average Bonchev–Trinajstić information content (AvgIpc) is 2.73. The molecule has 0 radical (unpaired) electrons. The van der Waals surface area contributed by atoms with E-state index in [2.05, 4.69) is 0 Å². The van der Waals surface area contributed by atoms with E-state index in [-0.39, 0.29) is 22.6 Å². The van der Waals surface area contributed by atoms with Crippen molar-refractivity contribution < 1.29 is 18.9 Å². The van der Waals surface area contributed by atoms with E-state index in [9.17, 15) is 19.7 Å². The van der Waals surface area contributed by atoms with E-state index >= 15 is 0 Å². The fraction of sp³-hybridized carbons (Fsp3) is 0.238. The minimum Gasteiger partial charge on any atom is -0.423 e. The van der Waals surface area contributed by atoms with Gasteiger partial charge in [-0.2, -0.15) is 0 Å². The molecule has 1 aliphatic rings. The monoisotopic (exact) mass is 394 g/mol. The summed E-state index contributed by atoms with van der Waals surface area (Å²) in [5.41, 5.74) is 0.246. The number of nitro benzene ring substituents is 1. The number of piperidine rings is 1. The Bertz CT molecular complexity index is 1150. The van der Waals surface area contributed by atoms with Crippen molar-refractivity contribution in [3.63, 3.8) is 0 Å². The highest BCUT2D eigenvalue weighted by molar-refractivity contribution is 5.93. The van der Waals surface area contributed by atoms with E-state index in [1.54, 1.807) is 24.3 Å². The molecule has 3 aromatic rings. The number of nitro groups is 1. The van der Waals surface area contributed by atoms with Gasteiger partial charge < -0.3 is 14.1 Å². The molecule has 0 bridgehead atoms. The van der Waals surface area contributed by atoms with Crippen LogP contribution in [0, 0.1) is 10.1 Å². The van der Waals surface area contributed by atoms with Crippen molar-refractivity contribution in [1.82, 2.24) is 0 Å². The van der Waals surface area contributed by atoms with Gasteiger partial charge in [-0.05, 0) is 49.6 Å². The van der Waals surface area contributed by atoms with Gasteiger partial charge >= 0.3 is 11.6 Å². The normalized spacial score (nSPS) is 14.0. The largest absolute Gasteiger partial charge is 0.423 e. The van der Waals surface area contributed by atoms with Gasteiger partial charge in [0.05, 0.1) is 10.5 Å². The van der Waals surface area contributed by atoms with E-state index < -0.39 is 16.5 Å². The van der Waals surface area contributed by atoms with Crippen molar-refractivity contribution in [2.75, 3.05) is 18.0 Å². The summed E-state index contributed by atoms with van der Waals surface area (Å²) >= 11 is 0. The maximum absolute atomic E-state index is 12.5. The van der Waals surface area contributed by atoms with Gasteiger partial charge in [0.1, 0.15) is 17.0 Å². The van der Waals surface area contributed by atoms with Crippen LogP contribution in [0.3, 0.4) is 0 Å². The molecule has 0 atom stereocenters. The molecule has 29 heavy (non-hydrogen) atoms. The molecule has 0 N–H and O–H groups in total. The molecular formula is C21H18N2O6. The molecule has 148 valence electrons. The summed E-state index contributed by atoms with van der Waals surface area (Å²) in [6.07, 6.45) is 3.08. The van der Waals surface area contributed by atoms with Gasteiger partial charge in [-0.3, -0.25) is 10.1 Å². The van der Waals surface area contributed by atoms with E-state index in [1.807, 2.05) is 4.90 Å². The second-order valence-corrected chi connectivity index (χ2v) is 6.85. The van der Waals surface area contributed by atoms with Crippen LogP contribution in [0.5, 0.6) is 5.75 Å². The Labute approximate surface area is 165 Å². The zero-order chi connectivity index (χ0) is 20.4. The predicted molar refractivity (Wildman–Crippen MR) is 107 cm³/mol. The van der Waals surface area contributed by atoms with Crippen molar-refractivity contribution in [3.05, 3.63) is 74.6 Å². The van der Waals surface area contributed by atoms with Crippen LogP contribution in [0.15, 0.2) is 57.7 Å². The van der Waals surface area contributed by atoms with Crippen LogP contribution >= 0.6 is 0 Å². The van der Waals surface area contributed by atoms with Gasteiger partial charge in [0.2, 0.25) is 0 Å². The number of nitrogens with zero attached hydrogens (tertiary/aromatic N) is 2. The summed E-state index contributed by atoms with van der Waals surface area (Å²) < 4.78 is 10.4. The van der Waals surface area contributed by atoms with Crippen LogP contribution in [-0.2, 0) is 0 Å². The number of anilines is 1. The lowest BCUT2D eigenvalue weighted by Crippen LogP contribution is -2.30. The number of carbonyl (C=O) groups excluding carboxylic acids is 1. The minimum absolute atomic E-state index is 0.0760. The molecule has 1 fully saturated rings. The predicted octanol–water partition coefficient (Wildman–Crippen LogP) is 3.91.